The van der Waals surface area contributed by atoms with Crippen LogP contribution in [0.5, 0.6) is 17.2 Å². The molecule has 0 heterocycles. The summed E-state index contributed by atoms with van der Waals surface area (Å²) in [6.07, 6.45) is 23.6. The molecule has 0 aliphatic carbocycles. The number of rotatable bonds is 39. The van der Waals surface area contributed by atoms with Gasteiger partial charge in [0.25, 0.3) is 0 Å². The van der Waals surface area contributed by atoms with Gasteiger partial charge in [0.2, 0.25) is 0 Å². The van der Waals surface area contributed by atoms with Crippen LogP contribution >= 0.6 is 0 Å². The van der Waals surface area contributed by atoms with Crippen molar-refractivity contribution in [1.29, 1.82) is 0 Å². The molecule has 9 nitrogen and oxygen atoms in total. The molecular weight excluding hydrogens is 768 g/mol. The number of aliphatic carboxylic acids is 1. The van der Waals surface area contributed by atoms with Gasteiger partial charge in [-0.15, -0.1) is 0 Å². The maximum Gasteiger partial charge on any atom is 1.00 e. The molecule has 3 aromatic rings. The zero-order chi connectivity index (χ0) is 41.9. The maximum atomic E-state index is 10.3. The van der Waals surface area contributed by atoms with Crippen molar-refractivity contribution in [3.63, 3.8) is 0 Å². The van der Waals surface area contributed by atoms with E-state index in [2.05, 4.69) is 68.4 Å². The van der Waals surface area contributed by atoms with Crippen LogP contribution in [0.1, 0.15) is 129 Å². The van der Waals surface area contributed by atoms with Gasteiger partial charge in [0.05, 0.1) is 72.0 Å². The topological polar surface area (TPSA) is 105 Å². The van der Waals surface area contributed by atoms with Gasteiger partial charge in [-0.05, 0) is 59.9 Å². The second kappa shape index (κ2) is 37.0. The molecule has 0 spiro atoms. The summed E-state index contributed by atoms with van der Waals surface area (Å²) in [5.41, 5.74) is 4.22. The number of carboxylic acid groups (broad SMARTS) is 1. The van der Waals surface area contributed by atoms with Crippen LogP contribution in [0.3, 0.4) is 0 Å². The van der Waals surface area contributed by atoms with Crippen LogP contribution in [0.15, 0.2) is 66.7 Å². The third-order valence-electron chi connectivity index (χ3n) is 10.2. The van der Waals surface area contributed by atoms with E-state index >= 15 is 0 Å². The first-order valence-electron chi connectivity index (χ1n) is 22.8. The van der Waals surface area contributed by atoms with Gasteiger partial charge in [-0.25, -0.2) is 0 Å². The predicted molar refractivity (Wildman–Crippen MR) is 237 cm³/mol. The molecule has 0 aliphatic heterocycles. The number of carbonyl (C=O) groups is 1. The van der Waals surface area contributed by atoms with Crippen molar-refractivity contribution in [3.8, 4) is 39.5 Å². The smallest absolute Gasteiger partial charge is 0.548 e. The Morgan fingerprint density at radius 2 is 0.800 bits per heavy atom. The molecule has 60 heavy (non-hydrogen) atoms. The van der Waals surface area contributed by atoms with Crippen molar-refractivity contribution in [1.82, 2.24) is 0 Å². The Labute approximate surface area is 384 Å². The molecular formula is C50H75NaO9. The molecule has 0 fully saturated rings. The fourth-order valence-corrected chi connectivity index (χ4v) is 6.77. The average molecular weight is 843 g/mol. The first-order chi connectivity index (χ1) is 29.1. The Bertz CT molecular complexity index is 1450. The van der Waals surface area contributed by atoms with E-state index in [-0.39, 0.29) is 36.2 Å². The number of hydrogen-bond donors (Lipinski definition) is 0. The zero-order valence-corrected chi connectivity index (χ0v) is 39.5. The fraction of sp³-hybridized carbons (Fsp3) is 0.620. The van der Waals surface area contributed by atoms with Crippen LogP contribution in [-0.4, -0.2) is 78.6 Å². The van der Waals surface area contributed by atoms with Gasteiger partial charge in [-0.1, -0.05) is 153 Å². The van der Waals surface area contributed by atoms with E-state index in [1.165, 1.54) is 103 Å². The number of hydrogen-bond acceptors (Lipinski definition) is 9. The van der Waals surface area contributed by atoms with Gasteiger partial charge in [0, 0.05) is 5.56 Å². The minimum atomic E-state index is -1.24. The van der Waals surface area contributed by atoms with Gasteiger partial charge >= 0.3 is 29.6 Å². The van der Waals surface area contributed by atoms with Gasteiger partial charge in [-0.3, -0.25) is 0 Å². The number of ether oxygens (including phenoxy) is 7. The molecule has 3 aromatic carbocycles. The van der Waals surface area contributed by atoms with E-state index in [0.717, 1.165) is 65.6 Å². The monoisotopic (exact) mass is 843 g/mol. The van der Waals surface area contributed by atoms with Gasteiger partial charge < -0.3 is 43.1 Å². The summed E-state index contributed by atoms with van der Waals surface area (Å²) in [6, 6.07) is 23.0. The molecule has 0 amide bonds. The van der Waals surface area contributed by atoms with E-state index in [1.807, 2.05) is 12.1 Å². The molecule has 0 aliphatic rings. The van der Waals surface area contributed by atoms with Crippen LogP contribution in [0.2, 0.25) is 0 Å². The minimum Gasteiger partial charge on any atom is -0.548 e. The Balaban J connectivity index is 0.0000124. The first kappa shape index (κ1) is 53.5. The largest absolute Gasteiger partial charge is 1.00 e. The summed E-state index contributed by atoms with van der Waals surface area (Å²) in [6.45, 7) is 8.49. The fourth-order valence-electron chi connectivity index (χ4n) is 6.77. The van der Waals surface area contributed by atoms with Crippen molar-refractivity contribution < 1.29 is 72.6 Å². The molecule has 0 saturated heterocycles. The maximum absolute atomic E-state index is 10.3. The molecule has 0 radical (unpaired) electrons. The van der Waals surface area contributed by atoms with Crippen LogP contribution in [0.4, 0.5) is 0 Å². The predicted octanol–water partition coefficient (Wildman–Crippen LogP) is 8.04. The Morgan fingerprint density at radius 1 is 0.417 bits per heavy atom. The SMILES string of the molecule is CCCCCCCCCCCCCCCCOc1ccc(-c2ccc(-c3ccc(OCCCCCC)cc3)cc2OCCOCCOCCOCCOCC(=O)[O-])cc1.[Na+]. The van der Waals surface area contributed by atoms with Crippen molar-refractivity contribution >= 4 is 5.97 Å². The van der Waals surface area contributed by atoms with Crippen LogP contribution in [-0.2, 0) is 23.7 Å². The van der Waals surface area contributed by atoms with Crippen LogP contribution < -0.4 is 48.9 Å². The van der Waals surface area contributed by atoms with Crippen molar-refractivity contribution in [2.24, 2.45) is 0 Å². The molecule has 10 heteroatoms. The first-order valence-corrected chi connectivity index (χ1v) is 22.8. The summed E-state index contributed by atoms with van der Waals surface area (Å²) >= 11 is 0. The van der Waals surface area contributed by atoms with Crippen molar-refractivity contribution in [2.75, 3.05) is 72.7 Å². The normalized spacial score (nSPS) is 11.0. The van der Waals surface area contributed by atoms with Crippen LogP contribution in [0.25, 0.3) is 22.3 Å². The van der Waals surface area contributed by atoms with Gasteiger partial charge in [0.15, 0.2) is 0 Å². The zero-order valence-electron chi connectivity index (χ0n) is 37.5. The van der Waals surface area contributed by atoms with E-state index in [1.54, 1.807) is 0 Å². The molecule has 0 aromatic heterocycles. The second-order valence-corrected chi connectivity index (χ2v) is 15.2. The Hall–Kier alpha value is -2.63. The molecule has 3 rings (SSSR count). The average Bonchev–Trinajstić information content (AvgIpc) is 3.25. The molecule has 330 valence electrons. The number of carboxylic acids is 1. The van der Waals surface area contributed by atoms with Gasteiger partial charge in [-0.2, -0.15) is 0 Å². The van der Waals surface area contributed by atoms with E-state index in [0.29, 0.717) is 46.2 Å². The summed E-state index contributed by atoms with van der Waals surface area (Å²) in [5.74, 6) is 1.32. The molecule has 0 unspecified atom stereocenters. The van der Waals surface area contributed by atoms with Crippen LogP contribution in [0, 0.1) is 0 Å². The minimum absolute atomic E-state index is 0. The van der Waals surface area contributed by atoms with E-state index < -0.39 is 12.6 Å². The van der Waals surface area contributed by atoms with Crippen molar-refractivity contribution in [3.05, 3.63) is 66.7 Å². The number of benzene rings is 3. The molecule has 0 N–H and O–H groups in total. The summed E-state index contributed by atoms with van der Waals surface area (Å²) in [7, 11) is 0. The van der Waals surface area contributed by atoms with Gasteiger partial charge in [0.1, 0.15) is 23.9 Å². The van der Waals surface area contributed by atoms with E-state index in [9.17, 15) is 9.90 Å². The van der Waals surface area contributed by atoms with Crippen molar-refractivity contribution in [2.45, 2.75) is 129 Å². The standard InChI is InChI=1S/C50H76O9.Na/c1-3-5-7-9-10-11-12-13-14-15-16-17-18-20-32-58-47-28-23-44(24-29-47)48-30-25-45(43-21-26-46(27-22-43)57-31-19-8-6-4-2)41-49(48)59-40-39-55-36-35-53-33-34-54-37-38-56-42-50(51)52;/h21-30,41H,3-20,31-40,42H2,1-2H3,(H,51,52);/q;+1/p-1. The molecule has 0 atom stereocenters. The quantitative estimate of drug-likeness (QED) is 0.0417. The third-order valence-corrected chi connectivity index (χ3v) is 10.2. The Kier molecular flexibility index (Phi) is 33.0. The summed E-state index contributed by atoms with van der Waals surface area (Å²) in [4.78, 5) is 10.3. The molecule has 0 saturated carbocycles. The number of unbranched alkanes of at least 4 members (excludes halogenated alkanes) is 16. The molecule has 0 bridgehead atoms. The summed E-state index contributed by atoms with van der Waals surface area (Å²) < 4.78 is 40.0. The second-order valence-electron chi connectivity index (χ2n) is 15.2. The third kappa shape index (κ3) is 26.0. The Morgan fingerprint density at radius 3 is 1.27 bits per heavy atom. The van der Waals surface area contributed by atoms with E-state index in [4.69, 9.17) is 33.2 Å². The summed E-state index contributed by atoms with van der Waals surface area (Å²) in [5, 5.41) is 10.3. The number of carbonyl (C=O) groups excluding carboxylic acids is 1.